The van der Waals surface area contributed by atoms with Crippen molar-refractivity contribution in [1.29, 1.82) is 0 Å². The number of carbonyl (C=O) groups excluding carboxylic acids is 1. The first-order valence-electron chi connectivity index (χ1n) is 8.53. The van der Waals surface area contributed by atoms with Crippen LogP contribution in [-0.4, -0.2) is 50.4 Å². The van der Waals surface area contributed by atoms with Crippen LogP contribution in [0.1, 0.15) is 12.8 Å². The highest BCUT2D eigenvalue weighted by Gasteiger charge is 2.19. The minimum atomic E-state index is -0.327. The van der Waals surface area contributed by atoms with E-state index < -0.39 is 0 Å². The van der Waals surface area contributed by atoms with Crippen LogP contribution in [-0.2, 0) is 11.3 Å². The van der Waals surface area contributed by atoms with Gasteiger partial charge in [-0.2, -0.15) is 10.2 Å². The van der Waals surface area contributed by atoms with Gasteiger partial charge >= 0.3 is 0 Å². The summed E-state index contributed by atoms with van der Waals surface area (Å²) < 4.78 is 7.80. The quantitative estimate of drug-likeness (QED) is 0.704. The average molecular weight is 353 g/mol. The minimum Gasteiger partial charge on any atom is -0.497 e. The number of hydrogen-bond acceptors (Lipinski definition) is 5. The summed E-state index contributed by atoms with van der Waals surface area (Å²) in [5, 5.41) is 8.49. The molecule has 0 bridgehead atoms. The van der Waals surface area contributed by atoms with Crippen LogP contribution in [0.3, 0.4) is 0 Å². The maximum atomic E-state index is 12.7. The Bertz CT molecular complexity index is 1000. The molecule has 3 aromatic rings. The Morgan fingerprint density at radius 1 is 1.19 bits per heavy atom. The zero-order valence-electron chi connectivity index (χ0n) is 14.5. The van der Waals surface area contributed by atoms with E-state index >= 15 is 0 Å². The van der Waals surface area contributed by atoms with Gasteiger partial charge in [0.2, 0.25) is 5.91 Å². The minimum absolute atomic E-state index is 0.0433. The number of aromatic nitrogens is 4. The normalized spacial score (nSPS) is 14.1. The molecule has 0 atom stereocenters. The maximum Gasteiger partial charge on any atom is 0.293 e. The van der Waals surface area contributed by atoms with E-state index in [1.165, 1.54) is 15.5 Å². The summed E-state index contributed by atoms with van der Waals surface area (Å²) in [5.41, 5.74) is 1.59. The lowest BCUT2D eigenvalue weighted by Crippen LogP contribution is -2.36. The predicted octanol–water partition coefficient (Wildman–Crippen LogP) is 1.19. The Morgan fingerprint density at radius 3 is 2.62 bits per heavy atom. The molecule has 0 radical (unpaired) electrons. The number of fused-ring (bicyclic) bond motifs is 1. The molecule has 26 heavy (non-hydrogen) atoms. The van der Waals surface area contributed by atoms with E-state index in [9.17, 15) is 9.59 Å². The van der Waals surface area contributed by atoms with Gasteiger partial charge in [-0.15, -0.1) is 0 Å². The van der Waals surface area contributed by atoms with E-state index in [4.69, 9.17) is 4.74 Å². The van der Waals surface area contributed by atoms with Gasteiger partial charge in [-0.05, 0) is 43.2 Å². The molecule has 4 rings (SSSR count). The van der Waals surface area contributed by atoms with Crippen LogP contribution in [0.25, 0.3) is 16.8 Å². The second-order valence-corrected chi connectivity index (χ2v) is 6.27. The van der Waals surface area contributed by atoms with E-state index in [1.54, 1.807) is 18.1 Å². The molecule has 0 aliphatic carbocycles. The van der Waals surface area contributed by atoms with Crippen LogP contribution in [0.2, 0.25) is 0 Å². The Morgan fingerprint density at radius 2 is 1.92 bits per heavy atom. The molecular formula is C18H19N5O3. The van der Waals surface area contributed by atoms with Crippen molar-refractivity contribution in [3.63, 3.8) is 0 Å². The van der Waals surface area contributed by atoms with Crippen molar-refractivity contribution in [3.05, 3.63) is 47.0 Å². The fourth-order valence-electron chi connectivity index (χ4n) is 3.15. The van der Waals surface area contributed by atoms with Crippen LogP contribution in [0.5, 0.6) is 5.75 Å². The van der Waals surface area contributed by atoms with Gasteiger partial charge in [-0.3, -0.25) is 9.59 Å². The van der Waals surface area contributed by atoms with Crippen molar-refractivity contribution in [1.82, 2.24) is 24.3 Å². The van der Waals surface area contributed by atoms with Crippen LogP contribution in [0.15, 0.2) is 41.5 Å². The topological polar surface area (TPSA) is 81.7 Å². The molecule has 1 aliphatic heterocycles. The molecule has 1 amide bonds. The number of hydrogen-bond donors (Lipinski definition) is 0. The summed E-state index contributed by atoms with van der Waals surface area (Å²) in [6.07, 6.45) is 3.49. The van der Waals surface area contributed by atoms with Gasteiger partial charge in [0.05, 0.1) is 12.8 Å². The first-order chi connectivity index (χ1) is 12.7. The molecule has 0 saturated carbocycles. The molecule has 0 spiro atoms. The zero-order valence-corrected chi connectivity index (χ0v) is 14.5. The van der Waals surface area contributed by atoms with Gasteiger partial charge in [-0.25, -0.2) is 9.20 Å². The van der Waals surface area contributed by atoms with E-state index in [-0.39, 0.29) is 18.0 Å². The molecular weight excluding hydrogens is 334 g/mol. The lowest BCUT2D eigenvalue weighted by Gasteiger charge is -2.15. The van der Waals surface area contributed by atoms with Crippen molar-refractivity contribution < 1.29 is 9.53 Å². The molecule has 3 heterocycles. The third kappa shape index (κ3) is 2.94. The van der Waals surface area contributed by atoms with E-state index in [1.807, 2.05) is 24.3 Å². The third-order valence-electron chi connectivity index (χ3n) is 4.62. The Balaban J connectivity index is 1.64. The smallest absolute Gasteiger partial charge is 0.293 e. The molecule has 1 aliphatic rings. The van der Waals surface area contributed by atoms with Crippen LogP contribution in [0, 0.1) is 0 Å². The van der Waals surface area contributed by atoms with Crippen molar-refractivity contribution in [2.24, 2.45) is 0 Å². The molecule has 8 heteroatoms. The Labute approximate surface area is 149 Å². The fourth-order valence-corrected chi connectivity index (χ4v) is 3.15. The van der Waals surface area contributed by atoms with E-state index in [0.717, 1.165) is 37.2 Å². The molecule has 0 unspecified atom stereocenters. The van der Waals surface area contributed by atoms with Gasteiger partial charge in [0.1, 0.15) is 24.1 Å². The number of methoxy groups -OCH3 is 1. The fraction of sp³-hybridized carbons (Fsp3) is 0.333. The summed E-state index contributed by atoms with van der Waals surface area (Å²) in [4.78, 5) is 26.7. The van der Waals surface area contributed by atoms with Gasteiger partial charge < -0.3 is 9.64 Å². The lowest BCUT2D eigenvalue weighted by molar-refractivity contribution is -0.131. The SMILES string of the molecule is COc1ccc(-c2cc3c(=O)n(CC(=O)N4CCCC4)ncn3n2)cc1. The summed E-state index contributed by atoms with van der Waals surface area (Å²) in [5.74, 6) is 0.679. The van der Waals surface area contributed by atoms with Crippen molar-refractivity contribution in [3.8, 4) is 17.0 Å². The van der Waals surface area contributed by atoms with Crippen LogP contribution in [0.4, 0.5) is 0 Å². The summed E-state index contributed by atoms with van der Waals surface area (Å²) in [6, 6.07) is 9.14. The van der Waals surface area contributed by atoms with E-state index in [2.05, 4.69) is 10.2 Å². The molecule has 1 aromatic carbocycles. The first-order valence-corrected chi connectivity index (χ1v) is 8.53. The van der Waals surface area contributed by atoms with Gasteiger partial charge in [0.25, 0.3) is 5.56 Å². The van der Waals surface area contributed by atoms with Gasteiger partial charge in [0.15, 0.2) is 0 Å². The zero-order chi connectivity index (χ0) is 18.1. The predicted molar refractivity (Wildman–Crippen MR) is 95.0 cm³/mol. The number of nitrogens with zero attached hydrogens (tertiary/aromatic N) is 5. The molecule has 8 nitrogen and oxygen atoms in total. The highest BCUT2D eigenvalue weighted by molar-refractivity contribution is 5.76. The average Bonchev–Trinajstić information content (AvgIpc) is 3.34. The maximum absolute atomic E-state index is 12.7. The highest BCUT2D eigenvalue weighted by Crippen LogP contribution is 2.21. The first kappa shape index (κ1) is 16.3. The summed E-state index contributed by atoms with van der Waals surface area (Å²) in [7, 11) is 1.61. The standard InChI is InChI=1S/C18H19N5O3/c1-26-14-6-4-13(5-7-14)15-10-16-18(25)22(19-12-23(16)20-15)11-17(24)21-8-2-3-9-21/h4-7,10,12H,2-3,8-9,11H2,1H3. The van der Waals surface area contributed by atoms with Gasteiger partial charge in [-0.1, -0.05) is 0 Å². The summed E-state index contributed by atoms with van der Waals surface area (Å²) in [6.45, 7) is 1.46. The number of carbonyl (C=O) groups is 1. The number of benzene rings is 1. The van der Waals surface area contributed by atoms with E-state index in [0.29, 0.717) is 11.2 Å². The lowest BCUT2D eigenvalue weighted by atomic mass is 10.1. The molecule has 1 fully saturated rings. The van der Waals surface area contributed by atoms with Crippen LogP contribution >= 0.6 is 0 Å². The van der Waals surface area contributed by atoms with Crippen molar-refractivity contribution in [2.45, 2.75) is 19.4 Å². The number of rotatable bonds is 4. The highest BCUT2D eigenvalue weighted by atomic mass is 16.5. The molecule has 2 aromatic heterocycles. The Hall–Kier alpha value is -3.16. The second-order valence-electron chi connectivity index (χ2n) is 6.27. The van der Waals surface area contributed by atoms with Crippen molar-refractivity contribution in [2.75, 3.05) is 20.2 Å². The Kier molecular flexibility index (Phi) is 4.16. The number of ether oxygens (including phenoxy) is 1. The largest absolute Gasteiger partial charge is 0.497 e. The molecule has 1 saturated heterocycles. The summed E-state index contributed by atoms with van der Waals surface area (Å²) >= 11 is 0. The van der Waals surface area contributed by atoms with Crippen LogP contribution < -0.4 is 10.3 Å². The monoisotopic (exact) mass is 353 g/mol. The second kappa shape index (κ2) is 6.62. The molecule has 0 N–H and O–H groups in total. The van der Waals surface area contributed by atoms with Gasteiger partial charge in [0, 0.05) is 18.7 Å². The number of likely N-dealkylation sites (tertiary alicyclic amines) is 1. The third-order valence-corrected chi connectivity index (χ3v) is 4.62. The number of amides is 1. The van der Waals surface area contributed by atoms with Crippen molar-refractivity contribution >= 4 is 11.4 Å². The molecule has 134 valence electrons.